The zero-order chi connectivity index (χ0) is 13.8. The molecule has 0 unspecified atom stereocenters. The van der Waals surface area contributed by atoms with Crippen LogP contribution >= 0.6 is 23.4 Å². The molecule has 1 atom stereocenters. The summed E-state index contributed by atoms with van der Waals surface area (Å²) in [6.07, 6.45) is 4.06. The van der Waals surface area contributed by atoms with Crippen LogP contribution in [0.1, 0.15) is 18.5 Å². The van der Waals surface area contributed by atoms with Gasteiger partial charge >= 0.3 is 0 Å². The van der Waals surface area contributed by atoms with Crippen LogP contribution in [0.15, 0.2) is 23.5 Å². The lowest BCUT2D eigenvalue weighted by Crippen LogP contribution is -2.16. The largest absolute Gasteiger partial charge is 0.376 e. The maximum Gasteiger partial charge on any atom is 0.209 e. The van der Waals surface area contributed by atoms with E-state index in [0.717, 1.165) is 30.3 Å². The molecule has 0 radical (unpaired) electrons. The average Bonchev–Trinajstić information content (AvgIpc) is 3.11. The summed E-state index contributed by atoms with van der Waals surface area (Å²) >= 11 is 7.37. The first-order valence-corrected chi connectivity index (χ1v) is 7.78. The Kier molecular flexibility index (Phi) is 4.49. The third kappa shape index (κ3) is 3.47. The first kappa shape index (κ1) is 13.8. The standard InChI is InChI=1S/C12H14ClN5OS/c13-9-3-4-10(14-6-9)8-20-12-15-16-17-18(12)7-11-2-1-5-19-11/h3-4,6,11H,1-2,5,7-8H2/t11-/m0/s1. The van der Waals surface area contributed by atoms with Crippen LogP contribution in [0.3, 0.4) is 0 Å². The number of hydrogen-bond donors (Lipinski definition) is 0. The van der Waals surface area contributed by atoms with Gasteiger partial charge in [-0.3, -0.25) is 4.98 Å². The number of aromatic nitrogens is 5. The first-order chi connectivity index (χ1) is 9.81. The van der Waals surface area contributed by atoms with E-state index in [1.54, 1.807) is 22.6 Å². The van der Waals surface area contributed by atoms with Gasteiger partial charge in [0.2, 0.25) is 5.16 Å². The lowest BCUT2D eigenvalue weighted by atomic mass is 10.2. The fraction of sp³-hybridized carbons (Fsp3) is 0.500. The van der Waals surface area contributed by atoms with Gasteiger partial charge in [0.1, 0.15) is 0 Å². The van der Waals surface area contributed by atoms with E-state index in [0.29, 0.717) is 17.3 Å². The Morgan fingerprint density at radius 3 is 3.15 bits per heavy atom. The molecule has 6 nitrogen and oxygen atoms in total. The molecule has 2 aromatic heterocycles. The van der Waals surface area contributed by atoms with E-state index < -0.39 is 0 Å². The van der Waals surface area contributed by atoms with Crippen molar-refractivity contribution in [2.75, 3.05) is 6.61 Å². The molecule has 1 aliphatic rings. The van der Waals surface area contributed by atoms with Crippen LogP contribution in [0.4, 0.5) is 0 Å². The highest BCUT2D eigenvalue weighted by molar-refractivity contribution is 7.98. The minimum absolute atomic E-state index is 0.228. The van der Waals surface area contributed by atoms with Gasteiger partial charge in [0.05, 0.1) is 23.4 Å². The van der Waals surface area contributed by atoms with Gasteiger partial charge in [-0.05, 0) is 35.4 Å². The zero-order valence-electron chi connectivity index (χ0n) is 10.8. The number of hydrogen-bond acceptors (Lipinski definition) is 6. The van der Waals surface area contributed by atoms with Crippen molar-refractivity contribution >= 4 is 23.4 Å². The number of ether oxygens (including phenoxy) is 1. The molecule has 0 saturated carbocycles. The summed E-state index contributed by atoms with van der Waals surface area (Å²) in [4.78, 5) is 4.26. The first-order valence-electron chi connectivity index (χ1n) is 6.42. The summed E-state index contributed by atoms with van der Waals surface area (Å²) < 4.78 is 7.41. The molecular weight excluding hydrogens is 298 g/mol. The van der Waals surface area contributed by atoms with E-state index in [9.17, 15) is 0 Å². The maximum atomic E-state index is 5.81. The van der Waals surface area contributed by atoms with Gasteiger partial charge in [-0.15, -0.1) is 5.10 Å². The second-order valence-corrected chi connectivity index (χ2v) is 5.91. The Labute approximate surface area is 125 Å². The molecule has 106 valence electrons. The zero-order valence-corrected chi connectivity index (χ0v) is 12.3. The molecule has 20 heavy (non-hydrogen) atoms. The number of tetrazole rings is 1. The van der Waals surface area contributed by atoms with Crippen molar-refractivity contribution in [1.82, 2.24) is 25.2 Å². The van der Waals surface area contributed by atoms with E-state index in [-0.39, 0.29) is 6.10 Å². The molecule has 8 heteroatoms. The molecule has 0 N–H and O–H groups in total. The lowest BCUT2D eigenvalue weighted by Gasteiger charge is -2.09. The van der Waals surface area contributed by atoms with E-state index in [4.69, 9.17) is 16.3 Å². The quantitative estimate of drug-likeness (QED) is 0.789. The fourth-order valence-electron chi connectivity index (χ4n) is 2.03. The lowest BCUT2D eigenvalue weighted by molar-refractivity contribution is 0.0912. The molecule has 0 spiro atoms. The minimum Gasteiger partial charge on any atom is -0.376 e. The van der Waals surface area contributed by atoms with Crippen molar-refractivity contribution in [2.24, 2.45) is 0 Å². The van der Waals surface area contributed by atoms with E-state index in [1.165, 1.54) is 0 Å². The third-order valence-corrected chi connectivity index (χ3v) is 4.25. The molecular formula is C12H14ClN5OS. The molecule has 1 saturated heterocycles. The highest BCUT2D eigenvalue weighted by Gasteiger charge is 2.18. The Hall–Kier alpha value is -1.18. The normalized spacial score (nSPS) is 18.6. The van der Waals surface area contributed by atoms with Crippen molar-refractivity contribution in [1.29, 1.82) is 0 Å². The number of nitrogens with zero attached hydrogens (tertiary/aromatic N) is 5. The van der Waals surface area contributed by atoms with Gasteiger partial charge in [0.25, 0.3) is 0 Å². The number of thioether (sulfide) groups is 1. The van der Waals surface area contributed by atoms with Crippen LogP contribution < -0.4 is 0 Å². The van der Waals surface area contributed by atoms with E-state index in [2.05, 4.69) is 20.5 Å². The summed E-state index contributed by atoms with van der Waals surface area (Å²) in [6, 6.07) is 3.74. The van der Waals surface area contributed by atoms with Crippen molar-refractivity contribution in [3.8, 4) is 0 Å². The maximum absolute atomic E-state index is 5.81. The molecule has 0 aromatic carbocycles. The van der Waals surface area contributed by atoms with Crippen LogP contribution in [-0.2, 0) is 17.0 Å². The van der Waals surface area contributed by atoms with Gasteiger partial charge in [-0.25, -0.2) is 4.68 Å². The minimum atomic E-state index is 0.228. The predicted octanol–water partition coefficient (Wildman–Crippen LogP) is 2.19. The molecule has 2 aromatic rings. The van der Waals surface area contributed by atoms with E-state index >= 15 is 0 Å². The smallest absolute Gasteiger partial charge is 0.209 e. The van der Waals surface area contributed by atoms with Crippen molar-refractivity contribution in [3.05, 3.63) is 29.0 Å². The number of halogens is 1. The van der Waals surface area contributed by atoms with Gasteiger partial charge < -0.3 is 4.74 Å². The van der Waals surface area contributed by atoms with Gasteiger partial charge in [0, 0.05) is 18.6 Å². The topological polar surface area (TPSA) is 65.7 Å². The van der Waals surface area contributed by atoms with E-state index in [1.807, 2.05) is 12.1 Å². The van der Waals surface area contributed by atoms with Crippen LogP contribution in [-0.4, -0.2) is 37.9 Å². The number of pyridine rings is 1. The Bertz CT molecular complexity index is 555. The van der Waals surface area contributed by atoms with Gasteiger partial charge in [-0.1, -0.05) is 23.4 Å². The summed E-state index contributed by atoms with van der Waals surface area (Å²) in [5.74, 6) is 0.711. The summed E-state index contributed by atoms with van der Waals surface area (Å²) in [5.41, 5.74) is 0.950. The summed E-state index contributed by atoms with van der Waals surface area (Å²) in [6.45, 7) is 1.55. The van der Waals surface area contributed by atoms with Gasteiger partial charge in [0.15, 0.2) is 0 Å². The summed E-state index contributed by atoms with van der Waals surface area (Å²) in [5, 5.41) is 13.2. The van der Waals surface area contributed by atoms with Gasteiger partial charge in [-0.2, -0.15) is 0 Å². The highest BCUT2D eigenvalue weighted by atomic mass is 35.5. The third-order valence-electron chi connectivity index (χ3n) is 3.04. The Morgan fingerprint density at radius 1 is 1.45 bits per heavy atom. The SMILES string of the molecule is Clc1ccc(CSc2nnnn2C[C@@H]2CCCO2)nc1. The van der Waals surface area contributed by atoms with Crippen molar-refractivity contribution in [2.45, 2.75) is 36.4 Å². The molecule has 1 aliphatic heterocycles. The van der Waals surface area contributed by atoms with Crippen LogP contribution in [0.25, 0.3) is 0 Å². The Morgan fingerprint density at radius 2 is 2.40 bits per heavy atom. The molecule has 3 heterocycles. The Balaban J connectivity index is 1.59. The second kappa shape index (κ2) is 6.51. The van der Waals surface area contributed by atoms with Crippen LogP contribution in [0.5, 0.6) is 0 Å². The number of rotatable bonds is 5. The van der Waals surface area contributed by atoms with Crippen LogP contribution in [0, 0.1) is 0 Å². The van der Waals surface area contributed by atoms with Crippen molar-refractivity contribution in [3.63, 3.8) is 0 Å². The summed E-state index contributed by atoms with van der Waals surface area (Å²) in [7, 11) is 0. The molecule has 0 amide bonds. The molecule has 0 bridgehead atoms. The average molecular weight is 312 g/mol. The second-order valence-electron chi connectivity index (χ2n) is 4.54. The van der Waals surface area contributed by atoms with Crippen molar-refractivity contribution < 1.29 is 4.74 Å². The van der Waals surface area contributed by atoms with Crippen LogP contribution in [0.2, 0.25) is 5.02 Å². The highest BCUT2D eigenvalue weighted by Crippen LogP contribution is 2.21. The molecule has 0 aliphatic carbocycles. The fourth-order valence-corrected chi connectivity index (χ4v) is 2.94. The predicted molar refractivity (Wildman–Crippen MR) is 75.6 cm³/mol. The molecule has 1 fully saturated rings. The monoisotopic (exact) mass is 311 g/mol. The molecule has 3 rings (SSSR count).